The molecule has 5 heteroatoms. The molecule has 0 fully saturated rings. The lowest BCUT2D eigenvalue weighted by Crippen LogP contribution is -2.36. The molecule has 1 N–H and O–H groups in total. The Morgan fingerprint density at radius 3 is 3.23 bits per heavy atom. The second-order valence-corrected chi connectivity index (χ2v) is 2.73. The highest BCUT2D eigenvalue weighted by atomic mass is 16.2. The van der Waals surface area contributed by atoms with E-state index in [-0.39, 0.29) is 0 Å². The van der Waals surface area contributed by atoms with Gasteiger partial charge in [-0.05, 0) is 6.08 Å². The average molecular weight is 176 g/mol. The number of aliphatic imine (C=N–C) groups is 4. The van der Waals surface area contributed by atoms with Crippen LogP contribution in [0, 0.1) is 0 Å². The summed E-state index contributed by atoms with van der Waals surface area (Å²) in [6.45, 7) is 0. The summed E-state index contributed by atoms with van der Waals surface area (Å²) in [5.41, 5.74) is -0.575. The van der Waals surface area contributed by atoms with Crippen LogP contribution in [0.25, 0.3) is 0 Å². The Bertz CT molecular complexity index is 353. The molecule has 0 bridgehead atoms. The molecule has 0 aromatic heterocycles. The van der Waals surface area contributed by atoms with Crippen molar-refractivity contribution in [3.05, 3.63) is 12.3 Å². The van der Waals surface area contributed by atoms with Gasteiger partial charge in [-0.2, -0.15) is 0 Å². The van der Waals surface area contributed by atoms with Crippen molar-refractivity contribution in [2.45, 2.75) is 12.0 Å². The largest absolute Gasteiger partial charge is 0.516 e. The predicted octanol–water partition coefficient (Wildman–Crippen LogP) is 0.740. The molecule has 2 heterocycles. The molecule has 0 saturated heterocycles. The lowest BCUT2D eigenvalue weighted by Gasteiger charge is -2.20. The van der Waals surface area contributed by atoms with Gasteiger partial charge in [0.25, 0.3) is 0 Å². The van der Waals surface area contributed by atoms with Crippen molar-refractivity contribution >= 4 is 24.7 Å². The first-order valence-electron chi connectivity index (χ1n) is 3.85. The van der Waals surface area contributed by atoms with E-state index >= 15 is 0 Å². The van der Waals surface area contributed by atoms with Crippen LogP contribution in [0.2, 0.25) is 0 Å². The van der Waals surface area contributed by atoms with Crippen molar-refractivity contribution in [3.63, 3.8) is 0 Å². The van der Waals surface area contributed by atoms with E-state index in [1.807, 2.05) is 0 Å². The van der Waals surface area contributed by atoms with Gasteiger partial charge in [0.1, 0.15) is 12.7 Å². The van der Waals surface area contributed by atoms with Crippen LogP contribution in [0.4, 0.5) is 0 Å². The molecule has 0 aromatic rings. The number of aliphatic hydroxyl groups excluding tert-OH is 1. The predicted molar refractivity (Wildman–Crippen MR) is 52.0 cm³/mol. The van der Waals surface area contributed by atoms with Crippen LogP contribution in [0.1, 0.15) is 6.42 Å². The van der Waals surface area contributed by atoms with E-state index in [1.54, 1.807) is 12.3 Å². The summed E-state index contributed by atoms with van der Waals surface area (Å²) in [7, 11) is 0. The minimum Gasteiger partial charge on any atom is -0.516 e. The van der Waals surface area contributed by atoms with Gasteiger partial charge < -0.3 is 5.11 Å². The highest BCUT2D eigenvalue weighted by Crippen LogP contribution is 2.23. The molecular formula is C8H8N4O. The van der Waals surface area contributed by atoms with Gasteiger partial charge in [-0.1, -0.05) is 0 Å². The molecule has 0 amide bonds. The van der Waals surface area contributed by atoms with E-state index < -0.39 is 5.54 Å². The summed E-state index contributed by atoms with van der Waals surface area (Å²) < 4.78 is 0. The maximum atomic E-state index is 8.56. The van der Waals surface area contributed by atoms with Crippen LogP contribution >= 0.6 is 0 Å². The first-order valence-corrected chi connectivity index (χ1v) is 3.85. The molecule has 0 radical (unpaired) electrons. The van der Waals surface area contributed by atoms with E-state index in [1.165, 1.54) is 12.7 Å². The third-order valence-corrected chi connectivity index (χ3v) is 1.92. The van der Waals surface area contributed by atoms with Gasteiger partial charge in [-0.25, -0.2) is 15.0 Å². The van der Waals surface area contributed by atoms with Crippen molar-refractivity contribution in [3.8, 4) is 0 Å². The highest BCUT2D eigenvalue weighted by molar-refractivity contribution is 6.17. The highest BCUT2D eigenvalue weighted by Gasteiger charge is 2.36. The molecule has 1 unspecified atom stereocenters. The second-order valence-electron chi connectivity index (χ2n) is 2.73. The van der Waals surface area contributed by atoms with Crippen LogP contribution in [-0.2, 0) is 0 Å². The molecule has 1 atom stereocenters. The smallest absolute Gasteiger partial charge is 0.165 e. The van der Waals surface area contributed by atoms with Crippen LogP contribution in [0.5, 0.6) is 0 Å². The van der Waals surface area contributed by atoms with Gasteiger partial charge in [0.2, 0.25) is 0 Å². The lowest BCUT2D eigenvalue weighted by molar-refractivity contribution is 0.469. The number of hydrogen-bond acceptors (Lipinski definition) is 5. The zero-order chi connectivity index (χ0) is 9.15. The van der Waals surface area contributed by atoms with Crippen molar-refractivity contribution in [2.24, 2.45) is 20.0 Å². The Labute approximate surface area is 75.0 Å². The molecule has 5 nitrogen and oxygen atoms in total. The third-order valence-electron chi connectivity index (χ3n) is 1.92. The standard InChI is InChI=1S/C8H8N4O/c13-3-1-2-8-4-9-5-10-7(8)11-6-12-8/h1,3-6,13H,2H2. The van der Waals surface area contributed by atoms with Crippen molar-refractivity contribution in [2.75, 3.05) is 0 Å². The van der Waals surface area contributed by atoms with E-state index in [0.29, 0.717) is 12.3 Å². The Morgan fingerprint density at radius 2 is 2.38 bits per heavy atom. The fourth-order valence-electron chi connectivity index (χ4n) is 1.27. The van der Waals surface area contributed by atoms with E-state index in [4.69, 9.17) is 5.11 Å². The minimum absolute atomic E-state index is 0.527. The first-order chi connectivity index (χ1) is 6.37. The Balaban J connectivity index is 2.30. The Kier molecular flexibility index (Phi) is 1.77. The average Bonchev–Trinajstić information content (AvgIpc) is 2.58. The summed E-state index contributed by atoms with van der Waals surface area (Å²) in [5, 5.41) is 8.56. The Hall–Kier alpha value is -1.78. The zero-order valence-corrected chi connectivity index (χ0v) is 6.83. The van der Waals surface area contributed by atoms with Crippen LogP contribution in [-0.4, -0.2) is 35.4 Å². The maximum Gasteiger partial charge on any atom is 0.165 e. The normalized spacial score (nSPS) is 29.7. The third kappa shape index (κ3) is 1.18. The number of rotatable bonds is 2. The molecule has 66 valence electrons. The molecule has 2 aliphatic rings. The number of amidine groups is 1. The van der Waals surface area contributed by atoms with E-state index in [9.17, 15) is 0 Å². The first kappa shape index (κ1) is 7.85. The molecule has 2 rings (SSSR count). The molecule has 0 saturated carbocycles. The number of hydrogen-bond donors (Lipinski definition) is 1. The molecule has 2 aliphatic heterocycles. The van der Waals surface area contributed by atoms with Crippen LogP contribution in [0.3, 0.4) is 0 Å². The van der Waals surface area contributed by atoms with Gasteiger partial charge >= 0.3 is 0 Å². The van der Waals surface area contributed by atoms with Crippen molar-refractivity contribution in [1.29, 1.82) is 0 Å². The molecule has 0 aromatic carbocycles. The van der Waals surface area contributed by atoms with E-state index in [0.717, 1.165) is 6.26 Å². The van der Waals surface area contributed by atoms with Gasteiger partial charge in [0, 0.05) is 12.6 Å². The van der Waals surface area contributed by atoms with E-state index in [2.05, 4.69) is 20.0 Å². The van der Waals surface area contributed by atoms with Crippen molar-refractivity contribution in [1.82, 2.24) is 0 Å². The summed E-state index contributed by atoms with van der Waals surface area (Å²) in [4.78, 5) is 16.1. The van der Waals surface area contributed by atoms with Gasteiger partial charge in [0.15, 0.2) is 11.4 Å². The summed E-state index contributed by atoms with van der Waals surface area (Å²) in [6.07, 6.45) is 7.71. The van der Waals surface area contributed by atoms with Crippen LogP contribution in [0.15, 0.2) is 32.3 Å². The van der Waals surface area contributed by atoms with Gasteiger partial charge in [-0.3, -0.25) is 4.99 Å². The Morgan fingerprint density at radius 1 is 1.46 bits per heavy atom. The molecule has 13 heavy (non-hydrogen) atoms. The molecule has 0 spiro atoms. The number of aliphatic hydroxyl groups is 1. The molecular weight excluding hydrogens is 168 g/mol. The SMILES string of the molecule is OC=CCC12C=NC=NC1=NC=N2. The summed E-state index contributed by atoms with van der Waals surface area (Å²) in [5.74, 6) is 0.626. The van der Waals surface area contributed by atoms with Crippen LogP contribution < -0.4 is 0 Å². The van der Waals surface area contributed by atoms with Gasteiger partial charge in [0.05, 0.1) is 6.26 Å². The zero-order valence-electron chi connectivity index (χ0n) is 6.83. The summed E-state index contributed by atoms with van der Waals surface area (Å²) >= 11 is 0. The maximum absolute atomic E-state index is 8.56. The fraction of sp³-hybridized carbons (Fsp3) is 0.250. The number of fused-ring (bicyclic) bond motifs is 1. The quantitative estimate of drug-likeness (QED) is 0.619. The monoisotopic (exact) mass is 176 g/mol. The molecule has 0 aliphatic carbocycles. The number of nitrogens with zero attached hydrogens (tertiary/aromatic N) is 4. The topological polar surface area (TPSA) is 69.7 Å². The van der Waals surface area contributed by atoms with Crippen molar-refractivity contribution < 1.29 is 5.11 Å². The fourth-order valence-corrected chi connectivity index (χ4v) is 1.27. The summed E-state index contributed by atoms with van der Waals surface area (Å²) in [6, 6.07) is 0. The second kappa shape index (κ2) is 2.93. The minimum atomic E-state index is -0.575. The van der Waals surface area contributed by atoms with Gasteiger partial charge in [-0.15, -0.1) is 0 Å². The lowest BCUT2D eigenvalue weighted by atomic mass is 9.96.